The van der Waals surface area contributed by atoms with Crippen molar-refractivity contribution in [2.24, 2.45) is 5.73 Å². The van der Waals surface area contributed by atoms with Crippen LogP contribution in [-0.2, 0) is 19.2 Å². The number of amides is 1. The lowest BCUT2D eigenvalue weighted by Crippen LogP contribution is -2.35. The Morgan fingerprint density at radius 3 is 2.65 bits per heavy atom. The Balaban J connectivity index is 3.69. The molecule has 114 valence electrons. The molecule has 0 heterocycles. The van der Waals surface area contributed by atoms with Gasteiger partial charge in [-0.25, -0.2) is 0 Å². The number of thioether (sulfide) groups is 1. The smallest absolute Gasteiger partial charge is 0.321 e. The number of ketones is 1. The number of carboxylic acid groups (broad SMARTS) is 1. The number of nitrogens with two attached hydrogens (primary N) is 1. The Hall–Kier alpha value is -1.88. The van der Waals surface area contributed by atoms with E-state index in [1.165, 1.54) is 0 Å². The Labute approximate surface area is 118 Å². The molecule has 0 aliphatic carbocycles. The summed E-state index contributed by atoms with van der Waals surface area (Å²) < 4.78 is 0. The first-order chi connectivity index (χ1) is 9.34. The number of aliphatic carboxylic acids is 1. The van der Waals surface area contributed by atoms with Gasteiger partial charge in [-0.15, -0.1) is 10.1 Å². The van der Waals surface area contributed by atoms with Gasteiger partial charge >= 0.3 is 5.97 Å². The summed E-state index contributed by atoms with van der Waals surface area (Å²) in [6, 6.07) is -1.09. The van der Waals surface area contributed by atoms with E-state index in [2.05, 4.69) is 10.2 Å². The van der Waals surface area contributed by atoms with Crippen LogP contribution in [0, 0.1) is 10.1 Å². The van der Waals surface area contributed by atoms with Crippen molar-refractivity contribution in [1.29, 1.82) is 0 Å². The second kappa shape index (κ2) is 9.97. The molecule has 1 atom stereocenters. The number of nitrogens with zero attached hydrogens (tertiary/aromatic N) is 1. The van der Waals surface area contributed by atoms with E-state index in [1.807, 2.05) is 0 Å². The maximum Gasteiger partial charge on any atom is 0.321 e. The van der Waals surface area contributed by atoms with Crippen molar-refractivity contribution in [3.8, 4) is 0 Å². The number of hydrogen-bond donors (Lipinski definition) is 3. The van der Waals surface area contributed by atoms with Crippen molar-refractivity contribution >= 4 is 29.4 Å². The molecule has 0 aromatic carbocycles. The molecule has 0 saturated carbocycles. The van der Waals surface area contributed by atoms with E-state index in [0.29, 0.717) is 0 Å². The second-order valence-electron chi connectivity index (χ2n) is 3.55. The van der Waals surface area contributed by atoms with E-state index in [9.17, 15) is 24.5 Å². The fraction of sp³-hybridized carbons (Fsp3) is 0.667. The zero-order valence-corrected chi connectivity index (χ0v) is 11.3. The Morgan fingerprint density at radius 2 is 2.10 bits per heavy atom. The van der Waals surface area contributed by atoms with Crippen LogP contribution in [0.3, 0.4) is 0 Å². The van der Waals surface area contributed by atoms with Gasteiger partial charge in [-0.1, -0.05) is 0 Å². The third-order valence-corrected chi connectivity index (χ3v) is 2.97. The highest BCUT2D eigenvalue weighted by Crippen LogP contribution is 2.02. The number of carboxylic acids is 1. The number of rotatable bonds is 11. The zero-order chi connectivity index (χ0) is 15.5. The van der Waals surface area contributed by atoms with Crippen molar-refractivity contribution in [3.63, 3.8) is 0 Å². The summed E-state index contributed by atoms with van der Waals surface area (Å²) in [6.45, 7) is -0.110. The summed E-state index contributed by atoms with van der Waals surface area (Å²) in [7, 11) is 0. The Bertz CT molecular complexity index is 377. The fourth-order valence-corrected chi connectivity index (χ4v) is 1.76. The predicted octanol–water partition coefficient (Wildman–Crippen LogP) is -1.58. The maximum atomic E-state index is 11.3. The molecule has 10 nitrogen and oxygen atoms in total. The number of nitrogens with one attached hydrogen (secondary N) is 1. The van der Waals surface area contributed by atoms with Crippen molar-refractivity contribution in [1.82, 2.24) is 5.32 Å². The molecule has 0 spiro atoms. The van der Waals surface area contributed by atoms with Gasteiger partial charge in [-0.2, -0.15) is 11.8 Å². The molecular formula is C9H15N3O7S. The largest absolute Gasteiger partial charge is 0.480 e. The van der Waals surface area contributed by atoms with Crippen LogP contribution in [-0.4, -0.2) is 58.6 Å². The highest BCUT2D eigenvalue weighted by molar-refractivity contribution is 8.00. The fourth-order valence-electron chi connectivity index (χ4n) is 0.927. The van der Waals surface area contributed by atoms with Gasteiger partial charge < -0.3 is 21.0 Å². The van der Waals surface area contributed by atoms with Gasteiger partial charge in [0.05, 0.1) is 12.4 Å². The molecule has 0 aromatic rings. The van der Waals surface area contributed by atoms with Crippen LogP contribution in [0.5, 0.6) is 0 Å². The molecule has 4 N–H and O–H groups in total. The molecular weight excluding hydrogens is 294 g/mol. The van der Waals surface area contributed by atoms with Crippen LogP contribution >= 0.6 is 11.8 Å². The quantitative estimate of drug-likeness (QED) is 0.177. The SMILES string of the molecule is N[C@@H](CSCC(=O)C(=O)NCCCO[N+](=O)[O-])C(=O)O. The molecule has 0 bridgehead atoms. The van der Waals surface area contributed by atoms with Crippen molar-refractivity contribution < 1.29 is 29.4 Å². The Morgan fingerprint density at radius 1 is 1.45 bits per heavy atom. The molecule has 0 unspecified atom stereocenters. The molecule has 0 aliphatic heterocycles. The first-order valence-electron chi connectivity index (χ1n) is 5.49. The number of hydrogen-bond acceptors (Lipinski definition) is 8. The van der Waals surface area contributed by atoms with Gasteiger partial charge in [0.25, 0.3) is 11.0 Å². The van der Waals surface area contributed by atoms with E-state index in [0.717, 1.165) is 11.8 Å². The van der Waals surface area contributed by atoms with Gasteiger partial charge in [0, 0.05) is 12.3 Å². The molecule has 1 amide bonds. The lowest BCUT2D eigenvalue weighted by molar-refractivity contribution is -0.757. The van der Waals surface area contributed by atoms with Crippen LogP contribution in [0.4, 0.5) is 0 Å². The average molecular weight is 309 g/mol. The first-order valence-corrected chi connectivity index (χ1v) is 6.64. The van der Waals surface area contributed by atoms with E-state index in [1.54, 1.807) is 0 Å². The molecule has 11 heteroatoms. The number of carbonyl (C=O) groups excluding carboxylic acids is 2. The number of carbonyl (C=O) groups is 3. The lowest BCUT2D eigenvalue weighted by atomic mass is 10.4. The van der Waals surface area contributed by atoms with E-state index in [4.69, 9.17) is 10.8 Å². The molecule has 0 fully saturated rings. The summed E-state index contributed by atoms with van der Waals surface area (Å²) in [5, 5.41) is 19.6. The molecule has 0 aliphatic rings. The zero-order valence-electron chi connectivity index (χ0n) is 10.4. The highest BCUT2D eigenvalue weighted by Gasteiger charge is 2.16. The minimum atomic E-state index is -1.18. The molecule has 0 rings (SSSR count). The molecule has 0 aromatic heterocycles. The summed E-state index contributed by atoms with van der Waals surface area (Å²) in [5.74, 6) is -2.89. The molecule has 20 heavy (non-hydrogen) atoms. The van der Waals surface area contributed by atoms with Crippen LogP contribution < -0.4 is 11.1 Å². The highest BCUT2D eigenvalue weighted by atomic mass is 32.2. The van der Waals surface area contributed by atoms with Gasteiger partial charge in [0.15, 0.2) is 0 Å². The van der Waals surface area contributed by atoms with Crippen LogP contribution in [0.2, 0.25) is 0 Å². The number of Topliss-reactive ketones (excluding diaryl/α,β-unsaturated/α-hetero) is 1. The monoisotopic (exact) mass is 309 g/mol. The topological polar surface area (TPSA) is 162 Å². The van der Waals surface area contributed by atoms with E-state index in [-0.39, 0.29) is 31.1 Å². The summed E-state index contributed by atoms with van der Waals surface area (Å²) >= 11 is 0.944. The average Bonchev–Trinajstić information content (AvgIpc) is 2.37. The summed E-state index contributed by atoms with van der Waals surface area (Å²) in [5.41, 5.74) is 5.22. The van der Waals surface area contributed by atoms with Gasteiger partial charge in [-0.05, 0) is 6.42 Å². The summed E-state index contributed by atoms with van der Waals surface area (Å²) in [4.78, 5) is 46.8. The van der Waals surface area contributed by atoms with Gasteiger partial charge in [-0.3, -0.25) is 14.4 Å². The third-order valence-electron chi connectivity index (χ3n) is 1.90. The van der Waals surface area contributed by atoms with E-state index < -0.39 is 28.8 Å². The van der Waals surface area contributed by atoms with Gasteiger partial charge in [0.1, 0.15) is 6.04 Å². The van der Waals surface area contributed by atoms with Crippen molar-refractivity contribution in [2.45, 2.75) is 12.5 Å². The summed E-state index contributed by atoms with van der Waals surface area (Å²) in [6.07, 6.45) is 0.191. The molecule has 0 radical (unpaired) electrons. The lowest BCUT2D eigenvalue weighted by Gasteiger charge is -2.06. The second-order valence-corrected chi connectivity index (χ2v) is 4.58. The predicted molar refractivity (Wildman–Crippen MR) is 68.5 cm³/mol. The van der Waals surface area contributed by atoms with Crippen LogP contribution in [0.25, 0.3) is 0 Å². The normalized spacial score (nSPS) is 11.4. The van der Waals surface area contributed by atoms with Crippen LogP contribution in [0.1, 0.15) is 6.42 Å². The van der Waals surface area contributed by atoms with E-state index >= 15 is 0 Å². The van der Waals surface area contributed by atoms with Crippen LogP contribution in [0.15, 0.2) is 0 Å². The standard InChI is InChI=1S/C9H15N3O7S/c10-6(9(15)16)4-20-5-7(13)8(14)11-2-1-3-19-12(17)18/h6H,1-5,10H2,(H,11,14)(H,15,16)/t6-/m0/s1. The minimum Gasteiger partial charge on any atom is -0.480 e. The Kier molecular flexibility index (Phi) is 9.04. The maximum absolute atomic E-state index is 11.3. The van der Waals surface area contributed by atoms with Gasteiger partial charge in [0.2, 0.25) is 5.78 Å². The third kappa shape index (κ3) is 9.10. The minimum absolute atomic E-state index is 0.0189. The van der Waals surface area contributed by atoms with Crippen molar-refractivity contribution in [3.05, 3.63) is 10.1 Å². The molecule has 0 saturated heterocycles. The first kappa shape index (κ1) is 18.1. The van der Waals surface area contributed by atoms with Crippen molar-refractivity contribution in [2.75, 3.05) is 24.7 Å².